The Morgan fingerprint density at radius 1 is 0.824 bits per heavy atom. The van der Waals surface area contributed by atoms with Crippen LogP contribution >= 0.6 is 0 Å². The number of hydrogen-bond donors (Lipinski definition) is 1. The van der Waals surface area contributed by atoms with Gasteiger partial charge in [0.05, 0.1) is 5.92 Å². The van der Waals surface area contributed by atoms with Crippen molar-refractivity contribution >= 4 is 0 Å². The first-order valence-corrected chi connectivity index (χ1v) is 6.66. The van der Waals surface area contributed by atoms with E-state index in [1.165, 1.54) is 6.92 Å². The van der Waals surface area contributed by atoms with Gasteiger partial charge < -0.3 is 5.11 Å². The molecule has 17 heavy (non-hydrogen) atoms. The van der Waals surface area contributed by atoms with E-state index in [2.05, 4.69) is 0 Å². The molecular formula is C13H25F3O. The Hall–Kier alpha value is -0.250. The molecular weight excluding hydrogens is 229 g/mol. The molecule has 4 heteroatoms. The lowest BCUT2D eigenvalue weighted by molar-refractivity contribution is -0.171. The van der Waals surface area contributed by atoms with Crippen molar-refractivity contribution in [1.29, 1.82) is 0 Å². The number of halogens is 3. The van der Waals surface area contributed by atoms with Gasteiger partial charge in [0.25, 0.3) is 0 Å². The first kappa shape index (κ1) is 16.8. The molecule has 0 aliphatic carbocycles. The van der Waals surface area contributed by atoms with Gasteiger partial charge in [0.2, 0.25) is 0 Å². The molecule has 0 aliphatic heterocycles. The highest BCUT2D eigenvalue weighted by Crippen LogP contribution is 2.29. The van der Waals surface area contributed by atoms with Crippen LogP contribution in [0.3, 0.4) is 0 Å². The molecule has 0 heterocycles. The van der Waals surface area contributed by atoms with Crippen LogP contribution in [-0.2, 0) is 0 Å². The maximum absolute atomic E-state index is 12.2. The minimum atomic E-state index is -4.02. The molecule has 1 N–H and O–H groups in total. The van der Waals surface area contributed by atoms with Crippen molar-refractivity contribution < 1.29 is 18.3 Å². The minimum Gasteiger partial charge on any atom is -0.396 e. The van der Waals surface area contributed by atoms with Crippen LogP contribution in [0.4, 0.5) is 13.2 Å². The lowest BCUT2D eigenvalue weighted by Crippen LogP contribution is -2.19. The molecule has 1 unspecified atom stereocenters. The van der Waals surface area contributed by atoms with Crippen molar-refractivity contribution in [3.63, 3.8) is 0 Å². The van der Waals surface area contributed by atoms with E-state index in [1.807, 2.05) is 0 Å². The fourth-order valence-electron chi connectivity index (χ4n) is 1.79. The Morgan fingerprint density at radius 2 is 1.24 bits per heavy atom. The van der Waals surface area contributed by atoms with E-state index in [1.54, 1.807) is 0 Å². The van der Waals surface area contributed by atoms with Crippen LogP contribution < -0.4 is 0 Å². The van der Waals surface area contributed by atoms with Crippen LogP contribution in [0.25, 0.3) is 0 Å². The standard InChI is InChI=1S/C13H25F3O/c1-12(13(14,15)16)10-8-6-4-2-3-5-7-9-11-17/h12,17H,2-11H2,1H3. The molecule has 0 radical (unpaired) electrons. The summed E-state index contributed by atoms with van der Waals surface area (Å²) in [7, 11) is 0. The number of rotatable bonds is 10. The Balaban J connectivity index is 3.19. The summed E-state index contributed by atoms with van der Waals surface area (Å²) in [6.07, 6.45) is 4.13. The average molecular weight is 254 g/mol. The Labute approximate surface area is 102 Å². The summed E-state index contributed by atoms with van der Waals surface area (Å²) in [5.74, 6) is -1.16. The normalized spacial score (nSPS) is 13.9. The zero-order chi connectivity index (χ0) is 13.1. The largest absolute Gasteiger partial charge is 0.396 e. The van der Waals surface area contributed by atoms with Gasteiger partial charge in [-0.2, -0.15) is 13.2 Å². The molecule has 0 spiro atoms. The summed E-state index contributed by atoms with van der Waals surface area (Å²) in [5, 5.41) is 8.56. The summed E-state index contributed by atoms with van der Waals surface area (Å²) in [6, 6.07) is 0. The molecule has 0 fully saturated rings. The van der Waals surface area contributed by atoms with Crippen molar-refractivity contribution in [2.45, 2.75) is 70.9 Å². The van der Waals surface area contributed by atoms with Crippen LogP contribution in [-0.4, -0.2) is 17.9 Å². The number of hydrogen-bond acceptors (Lipinski definition) is 1. The lowest BCUT2D eigenvalue weighted by Gasteiger charge is -2.14. The highest BCUT2D eigenvalue weighted by atomic mass is 19.4. The van der Waals surface area contributed by atoms with Gasteiger partial charge in [-0.3, -0.25) is 0 Å². The van der Waals surface area contributed by atoms with E-state index in [4.69, 9.17) is 5.11 Å². The van der Waals surface area contributed by atoms with Crippen molar-refractivity contribution in [3.05, 3.63) is 0 Å². The van der Waals surface area contributed by atoms with Gasteiger partial charge in [0.1, 0.15) is 0 Å². The second-order valence-electron chi connectivity index (χ2n) is 4.78. The Morgan fingerprint density at radius 3 is 1.65 bits per heavy atom. The van der Waals surface area contributed by atoms with Crippen molar-refractivity contribution in [2.24, 2.45) is 5.92 Å². The molecule has 0 amide bonds. The van der Waals surface area contributed by atoms with Gasteiger partial charge in [-0.25, -0.2) is 0 Å². The molecule has 0 aromatic carbocycles. The second kappa shape index (κ2) is 9.75. The van der Waals surface area contributed by atoms with Crippen LogP contribution in [0.5, 0.6) is 0 Å². The van der Waals surface area contributed by atoms with Gasteiger partial charge in [0.15, 0.2) is 0 Å². The predicted octanol–water partition coefficient (Wildman–Crippen LogP) is 4.69. The van der Waals surface area contributed by atoms with E-state index in [-0.39, 0.29) is 13.0 Å². The van der Waals surface area contributed by atoms with Crippen molar-refractivity contribution in [3.8, 4) is 0 Å². The summed E-state index contributed by atoms with van der Waals surface area (Å²) < 4.78 is 36.5. The summed E-state index contributed by atoms with van der Waals surface area (Å²) in [4.78, 5) is 0. The summed E-state index contributed by atoms with van der Waals surface area (Å²) in [6.45, 7) is 1.52. The van der Waals surface area contributed by atoms with Gasteiger partial charge in [-0.05, 0) is 12.8 Å². The van der Waals surface area contributed by atoms with Gasteiger partial charge >= 0.3 is 6.18 Å². The van der Waals surface area contributed by atoms with Crippen molar-refractivity contribution in [2.75, 3.05) is 6.61 Å². The molecule has 1 nitrogen and oxygen atoms in total. The maximum Gasteiger partial charge on any atom is 0.391 e. The molecule has 104 valence electrons. The van der Waals surface area contributed by atoms with Crippen molar-refractivity contribution in [1.82, 2.24) is 0 Å². The van der Waals surface area contributed by atoms with E-state index in [0.29, 0.717) is 6.42 Å². The first-order chi connectivity index (χ1) is 7.98. The highest BCUT2D eigenvalue weighted by Gasteiger charge is 2.34. The summed E-state index contributed by atoms with van der Waals surface area (Å²) in [5.41, 5.74) is 0. The highest BCUT2D eigenvalue weighted by molar-refractivity contribution is 4.62. The fourth-order valence-corrected chi connectivity index (χ4v) is 1.79. The predicted molar refractivity (Wildman–Crippen MR) is 63.9 cm³/mol. The number of aliphatic hydroxyl groups is 1. The minimum absolute atomic E-state index is 0.258. The average Bonchev–Trinajstić information content (AvgIpc) is 2.25. The van der Waals surface area contributed by atoms with E-state index >= 15 is 0 Å². The first-order valence-electron chi connectivity index (χ1n) is 6.66. The maximum atomic E-state index is 12.2. The zero-order valence-electron chi connectivity index (χ0n) is 10.7. The third kappa shape index (κ3) is 10.6. The molecule has 0 aromatic rings. The fraction of sp³-hybridized carbons (Fsp3) is 1.00. The smallest absolute Gasteiger partial charge is 0.391 e. The lowest BCUT2D eigenvalue weighted by atomic mass is 10.0. The Kier molecular flexibility index (Phi) is 9.60. The molecule has 0 rings (SSSR count). The SMILES string of the molecule is CC(CCCCCCCCCCO)C(F)(F)F. The van der Waals surface area contributed by atoms with Crippen LogP contribution in [0.15, 0.2) is 0 Å². The van der Waals surface area contributed by atoms with E-state index < -0.39 is 12.1 Å². The van der Waals surface area contributed by atoms with Crippen LogP contribution in [0, 0.1) is 5.92 Å². The van der Waals surface area contributed by atoms with Gasteiger partial charge in [-0.15, -0.1) is 0 Å². The number of alkyl halides is 3. The topological polar surface area (TPSA) is 20.2 Å². The second-order valence-corrected chi connectivity index (χ2v) is 4.78. The van der Waals surface area contributed by atoms with E-state index in [0.717, 1.165) is 44.9 Å². The third-order valence-corrected chi connectivity index (χ3v) is 3.10. The Bertz CT molecular complexity index is 169. The zero-order valence-corrected chi connectivity index (χ0v) is 10.7. The molecule has 0 aliphatic rings. The van der Waals surface area contributed by atoms with Gasteiger partial charge in [-0.1, -0.05) is 51.9 Å². The van der Waals surface area contributed by atoms with E-state index in [9.17, 15) is 13.2 Å². The molecule has 0 saturated carbocycles. The van der Waals surface area contributed by atoms with Gasteiger partial charge in [0, 0.05) is 6.61 Å². The third-order valence-electron chi connectivity index (χ3n) is 3.10. The molecule has 0 saturated heterocycles. The monoisotopic (exact) mass is 254 g/mol. The van der Waals surface area contributed by atoms with Crippen LogP contribution in [0.1, 0.15) is 64.7 Å². The quantitative estimate of drug-likeness (QED) is 0.561. The number of unbranched alkanes of at least 4 members (excludes halogenated alkanes) is 7. The molecule has 0 aromatic heterocycles. The molecule has 0 bridgehead atoms. The van der Waals surface area contributed by atoms with Crippen LogP contribution in [0.2, 0.25) is 0 Å². The molecule has 1 atom stereocenters. The summed E-state index contributed by atoms with van der Waals surface area (Å²) >= 11 is 0. The number of aliphatic hydroxyl groups excluding tert-OH is 1.